The number of para-hydroxylation sites is 1. The standard InChI is InChI=1S/C10H12BrNO3S/c1-16(13,14)12-10-8(11)3-2-4-9(10)15-7-5-6-7/h2-4,7,12H,5-6H2,1H3. The molecule has 88 valence electrons. The highest BCUT2D eigenvalue weighted by Gasteiger charge is 2.25. The summed E-state index contributed by atoms with van der Waals surface area (Å²) in [5, 5.41) is 0. The molecule has 6 heteroatoms. The maximum absolute atomic E-state index is 11.2. The van der Waals surface area contributed by atoms with Crippen molar-refractivity contribution in [3.63, 3.8) is 0 Å². The van der Waals surface area contributed by atoms with E-state index in [4.69, 9.17) is 4.74 Å². The highest BCUT2D eigenvalue weighted by Crippen LogP contribution is 2.37. The second-order valence-electron chi connectivity index (χ2n) is 3.80. The Balaban J connectivity index is 2.31. The molecule has 2 rings (SSSR count). The Bertz CT molecular complexity index is 497. The van der Waals surface area contributed by atoms with E-state index in [0.717, 1.165) is 19.1 Å². The number of anilines is 1. The molecule has 0 unspecified atom stereocenters. The predicted octanol–water partition coefficient (Wildman–Crippen LogP) is 2.36. The molecule has 0 bridgehead atoms. The minimum Gasteiger partial charge on any atom is -0.488 e. The van der Waals surface area contributed by atoms with Gasteiger partial charge < -0.3 is 4.74 Å². The number of hydrogen-bond donors (Lipinski definition) is 1. The monoisotopic (exact) mass is 305 g/mol. The Morgan fingerprint density at radius 2 is 2.12 bits per heavy atom. The van der Waals surface area contributed by atoms with Gasteiger partial charge in [0.25, 0.3) is 0 Å². The second-order valence-corrected chi connectivity index (χ2v) is 6.41. The van der Waals surface area contributed by atoms with E-state index in [-0.39, 0.29) is 6.10 Å². The van der Waals surface area contributed by atoms with Gasteiger partial charge in [-0.15, -0.1) is 0 Å². The van der Waals surface area contributed by atoms with Crippen LogP contribution in [-0.4, -0.2) is 20.8 Å². The number of ether oxygens (including phenoxy) is 1. The fourth-order valence-corrected chi connectivity index (χ4v) is 2.41. The number of hydrogen-bond acceptors (Lipinski definition) is 3. The maximum atomic E-state index is 11.2. The number of sulfonamides is 1. The molecule has 0 heterocycles. The van der Waals surface area contributed by atoms with Crippen LogP contribution in [0.15, 0.2) is 22.7 Å². The van der Waals surface area contributed by atoms with Gasteiger partial charge in [-0.1, -0.05) is 6.07 Å². The first-order chi connectivity index (χ1) is 7.46. The third-order valence-corrected chi connectivity index (χ3v) is 3.32. The normalized spacial score (nSPS) is 15.9. The Labute approximate surface area is 103 Å². The molecule has 0 spiro atoms. The first-order valence-corrected chi connectivity index (χ1v) is 7.57. The Hall–Kier alpha value is -0.750. The molecule has 1 N–H and O–H groups in total. The highest BCUT2D eigenvalue weighted by molar-refractivity contribution is 9.10. The summed E-state index contributed by atoms with van der Waals surface area (Å²) in [5.74, 6) is 0.572. The Morgan fingerprint density at radius 3 is 2.69 bits per heavy atom. The Morgan fingerprint density at radius 1 is 1.44 bits per heavy atom. The van der Waals surface area contributed by atoms with Gasteiger partial charge in [-0.05, 0) is 40.9 Å². The molecule has 1 aromatic carbocycles. The van der Waals surface area contributed by atoms with Crippen LogP contribution in [0.4, 0.5) is 5.69 Å². The van der Waals surface area contributed by atoms with Gasteiger partial charge in [-0.3, -0.25) is 4.72 Å². The molecular weight excluding hydrogens is 294 g/mol. The summed E-state index contributed by atoms with van der Waals surface area (Å²) in [7, 11) is -3.30. The summed E-state index contributed by atoms with van der Waals surface area (Å²) in [4.78, 5) is 0. The zero-order valence-electron chi connectivity index (χ0n) is 8.73. The lowest BCUT2D eigenvalue weighted by Crippen LogP contribution is -2.11. The van der Waals surface area contributed by atoms with Crippen LogP contribution < -0.4 is 9.46 Å². The molecule has 1 aliphatic rings. The highest BCUT2D eigenvalue weighted by atomic mass is 79.9. The first kappa shape index (κ1) is 11.7. The molecule has 0 atom stereocenters. The molecule has 0 aromatic heterocycles. The minimum atomic E-state index is -3.30. The lowest BCUT2D eigenvalue weighted by molar-refractivity contribution is 0.304. The van der Waals surface area contributed by atoms with Crippen LogP contribution in [0, 0.1) is 0 Å². The van der Waals surface area contributed by atoms with Crippen molar-refractivity contribution in [2.24, 2.45) is 0 Å². The largest absolute Gasteiger partial charge is 0.488 e. The molecule has 1 saturated carbocycles. The van der Waals surface area contributed by atoms with Crippen molar-refractivity contribution >= 4 is 31.6 Å². The summed E-state index contributed by atoms with van der Waals surface area (Å²) in [6, 6.07) is 5.35. The van der Waals surface area contributed by atoms with Gasteiger partial charge >= 0.3 is 0 Å². The van der Waals surface area contributed by atoms with Gasteiger partial charge in [0, 0.05) is 4.47 Å². The van der Waals surface area contributed by atoms with Gasteiger partial charge in [-0.2, -0.15) is 0 Å². The number of rotatable bonds is 4. The third kappa shape index (κ3) is 3.12. The molecule has 0 saturated heterocycles. The Kier molecular flexibility index (Phi) is 3.12. The van der Waals surface area contributed by atoms with E-state index >= 15 is 0 Å². The summed E-state index contributed by atoms with van der Waals surface area (Å²) in [6.45, 7) is 0. The van der Waals surface area contributed by atoms with Crippen LogP contribution in [0.25, 0.3) is 0 Å². The van der Waals surface area contributed by atoms with Crippen molar-refractivity contribution < 1.29 is 13.2 Å². The zero-order chi connectivity index (χ0) is 11.8. The van der Waals surface area contributed by atoms with Crippen molar-refractivity contribution in [2.75, 3.05) is 11.0 Å². The molecule has 16 heavy (non-hydrogen) atoms. The predicted molar refractivity (Wildman–Crippen MR) is 66.3 cm³/mol. The molecule has 1 fully saturated rings. The molecule has 1 aliphatic carbocycles. The lowest BCUT2D eigenvalue weighted by Gasteiger charge is -2.13. The van der Waals surface area contributed by atoms with E-state index in [0.29, 0.717) is 15.9 Å². The second kappa shape index (κ2) is 4.25. The fourth-order valence-electron chi connectivity index (χ4n) is 1.25. The van der Waals surface area contributed by atoms with Crippen LogP contribution in [-0.2, 0) is 10.0 Å². The van der Waals surface area contributed by atoms with Crippen LogP contribution in [0.2, 0.25) is 0 Å². The van der Waals surface area contributed by atoms with Gasteiger partial charge in [0.1, 0.15) is 11.4 Å². The summed E-state index contributed by atoms with van der Waals surface area (Å²) >= 11 is 3.30. The van der Waals surface area contributed by atoms with E-state index in [1.165, 1.54) is 0 Å². The summed E-state index contributed by atoms with van der Waals surface area (Å²) < 4.78 is 31.2. The van der Waals surface area contributed by atoms with E-state index in [2.05, 4.69) is 20.7 Å². The van der Waals surface area contributed by atoms with E-state index in [1.807, 2.05) is 6.07 Å². The van der Waals surface area contributed by atoms with Crippen LogP contribution in [0.5, 0.6) is 5.75 Å². The summed E-state index contributed by atoms with van der Waals surface area (Å²) in [6.07, 6.45) is 3.41. The minimum absolute atomic E-state index is 0.231. The maximum Gasteiger partial charge on any atom is 0.229 e. The topological polar surface area (TPSA) is 55.4 Å². The number of benzene rings is 1. The van der Waals surface area contributed by atoms with E-state index < -0.39 is 10.0 Å². The number of halogens is 1. The van der Waals surface area contributed by atoms with Crippen LogP contribution >= 0.6 is 15.9 Å². The SMILES string of the molecule is CS(=O)(=O)Nc1c(Br)cccc1OC1CC1. The van der Waals surface area contributed by atoms with Gasteiger partial charge in [0.05, 0.1) is 12.4 Å². The van der Waals surface area contributed by atoms with Crippen LogP contribution in [0.3, 0.4) is 0 Å². The lowest BCUT2D eigenvalue weighted by atomic mass is 10.3. The van der Waals surface area contributed by atoms with Crippen molar-refractivity contribution in [1.82, 2.24) is 0 Å². The van der Waals surface area contributed by atoms with Gasteiger partial charge in [0.2, 0.25) is 10.0 Å². The average molecular weight is 306 g/mol. The smallest absolute Gasteiger partial charge is 0.229 e. The van der Waals surface area contributed by atoms with Crippen molar-refractivity contribution in [2.45, 2.75) is 18.9 Å². The van der Waals surface area contributed by atoms with Crippen molar-refractivity contribution in [1.29, 1.82) is 0 Å². The van der Waals surface area contributed by atoms with Crippen LogP contribution in [0.1, 0.15) is 12.8 Å². The van der Waals surface area contributed by atoms with Gasteiger partial charge in [0.15, 0.2) is 0 Å². The molecule has 0 radical (unpaired) electrons. The molecule has 0 aliphatic heterocycles. The van der Waals surface area contributed by atoms with E-state index in [9.17, 15) is 8.42 Å². The fraction of sp³-hybridized carbons (Fsp3) is 0.400. The van der Waals surface area contributed by atoms with Crippen molar-refractivity contribution in [3.05, 3.63) is 22.7 Å². The third-order valence-electron chi connectivity index (χ3n) is 2.08. The first-order valence-electron chi connectivity index (χ1n) is 4.89. The van der Waals surface area contributed by atoms with Gasteiger partial charge in [-0.25, -0.2) is 8.42 Å². The molecule has 0 amide bonds. The molecule has 4 nitrogen and oxygen atoms in total. The quantitative estimate of drug-likeness (QED) is 0.929. The molecular formula is C10H12BrNO3S. The average Bonchev–Trinajstić information content (AvgIpc) is 2.93. The number of nitrogens with one attached hydrogen (secondary N) is 1. The zero-order valence-corrected chi connectivity index (χ0v) is 11.1. The molecule has 1 aromatic rings. The summed E-state index contributed by atoms with van der Waals surface area (Å²) in [5.41, 5.74) is 0.469. The van der Waals surface area contributed by atoms with E-state index in [1.54, 1.807) is 12.1 Å². The van der Waals surface area contributed by atoms with Crippen molar-refractivity contribution in [3.8, 4) is 5.75 Å².